The molecule has 0 amide bonds. The normalized spacial score (nSPS) is 14.2. The summed E-state index contributed by atoms with van der Waals surface area (Å²) in [7, 11) is 0. The highest BCUT2D eigenvalue weighted by molar-refractivity contribution is 7.12. The number of thiophene rings is 1. The summed E-state index contributed by atoms with van der Waals surface area (Å²) in [5, 5.41) is 0. The van der Waals surface area contributed by atoms with E-state index in [1.807, 2.05) is 0 Å². The molecular weight excluding hydrogens is 273 g/mol. The third-order valence-corrected chi connectivity index (χ3v) is 3.16. The first-order valence-corrected chi connectivity index (χ1v) is 5.12. The fourth-order valence-electron chi connectivity index (χ4n) is 1.44. The van der Waals surface area contributed by atoms with Crippen molar-refractivity contribution in [3.63, 3.8) is 0 Å². The molecule has 0 aliphatic heterocycles. The number of halogens is 7. The summed E-state index contributed by atoms with van der Waals surface area (Å²) >= 11 is 0.688. The van der Waals surface area contributed by atoms with Gasteiger partial charge < -0.3 is 0 Å². The molecule has 0 aliphatic carbocycles. The number of aryl methyl sites for hydroxylation is 2. The summed E-state index contributed by atoms with van der Waals surface area (Å²) in [4.78, 5) is -0.146. The molecule has 17 heavy (non-hydrogen) atoms. The SMILES string of the molecule is Cc1cc(C(F)(C(F)(F)F)C(F)(F)F)c(C)s1. The molecule has 0 nitrogen and oxygen atoms in total. The molecular formula is C9H7F7S. The van der Waals surface area contributed by atoms with E-state index in [1.54, 1.807) is 0 Å². The van der Waals surface area contributed by atoms with E-state index in [0.29, 0.717) is 17.4 Å². The Morgan fingerprint density at radius 2 is 1.29 bits per heavy atom. The molecule has 0 bridgehead atoms. The minimum atomic E-state index is -6.04. The van der Waals surface area contributed by atoms with Crippen LogP contribution in [0.2, 0.25) is 0 Å². The van der Waals surface area contributed by atoms with Crippen LogP contribution in [0.25, 0.3) is 0 Å². The van der Waals surface area contributed by atoms with Crippen LogP contribution in [0.15, 0.2) is 6.07 Å². The van der Waals surface area contributed by atoms with Crippen molar-refractivity contribution in [2.45, 2.75) is 31.9 Å². The van der Waals surface area contributed by atoms with Crippen molar-refractivity contribution in [3.8, 4) is 0 Å². The van der Waals surface area contributed by atoms with Crippen molar-refractivity contribution in [3.05, 3.63) is 21.4 Å². The van der Waals surface area contributed by atoms with Crippen molar-refractivity contribution in [1.29, 1.82) is 0 Å². The van der Waals surface area contributed by atoms with Gasteiger partial charge in [-0.3, -0.25) is 0 Å². The van der Waals surface area contributed by atoms with E-state index in [0.717, 1.165) is 6.92 Å². The average molecular weight is 280 g/mol. The van der Waals surface area contributed by atoms with Crippen LogP contribution in [0.3, 0.4) is 0 Å². The van der Waals surface area contributed by atoms with E-state index in [2.05, 4.69) is 0 Å². The second kappa shape index (κ2) is 3.86. The number of alkyl halides is 7. The van der Waals surface area contributed by atoms with Gasteiger partial charge in [-0.1, -0.05) is 0 Å². The second-order valence-corrected chi connectivity index (χ2v) is 4.94. The Labute approximate surface area is 96.1 Å². The maximum absolute atomic E-state index is 13.6. The van der Waals surface area contributed by atoms with Gasteiger partial charge in [0.05, 0.1) is 0 Å². The first kappa shape index (κ1) is 14.3. The second-order valence-electron chi connectivity index (χ2n) is 3.48. The number of rotatable bonds is 1. The Morgan fingerprint density at radius 3 is 1.53 bits per heavy atom. The molecule has 1 aromatic rings. The smallest absolute Gasteiger partial charge is 0.218 e. The highest BCUT2D eigenvalue weighted by Gasteiger charge is 2.74. The van der Waals surface area contributed by atoms with Gasteiger partial charge in [0.15, 0.2) is 0 Å². The van der Waals surface area contributed by atoms with Crippen LogP contribution in [0.4, 0.5) is 30.7 Å². The van der Waals surface area contributed by atoms with Gasteiger partial charge in [-0.05, 0) is 19.9 Å². The molecule has 0 atom stereocenters. The maximum atomic E-state index is 13.6. The van der Waals surface area contributed by atoms with E-state index in [-0.39, 0.29) is 9.75 Å². The zero-order valence-electron chi connectivity index (χ0n) is 8.63. The van der Waals surface area contributed by atoms with E-state index in [1.165, 1.54) is 6.92 Å². The van der Waals surface area contributed by atoms with E-state index in [4.69, 9.17) is 0 Å². The van der Waals surface area contributed by atoms with Gasteiger partial charge in [-0.15, -0.1) is 11.3 Å². The molecule has 0 radical (unpaired) electrons. The highest BCUT2D eigenvalue weighted by Crippen LogP contribution is 2.54. The quantitative estimate of drug-likeness (QED) is 0.657. The summed E-state index contributed by atoms with van der Waals surface area (Å²) in [5.74, 6) is 0. The third kappa shape index (κ3) is 2.14. The molecule has 98 valence electrons. The summed E-state index contributed by atoms with van der Waals surface area (Å²) < 4.78 is 87.9. The van der Waals surface area contributed by atoms with Gasteiger partial charge in [-0.25, -0.2) is 4.39 Å². The van der Waals surface area contributed by atoms with Crippen LogP contribution in [0.1, 0.15) is 15.3 Å². The zero-order valence-corrected chi connectivity index (χ0v) is 9.45. The van der Waals surface area contributed by atoms with Gasteiger partial charge in [0.25, 0.3) is 0 Å². The number of hydrogen-bond acceptors (Lipinski definition) is 1. The minimum absolute atomic E-state index is 0.188. The Morgan fingerprint density at radius 1 is 0.882 bits per heavy atom. The molecule has 0 saturated heterocycles. The Kier molecular flexibility index (Phi) is 3.24. The monoisotopic (exact) mass is 280 g/mol. The Hall–Kier alpha value is -0.790. The van der Waals surface area contributed by atoms with Crippen LogP contribution < -0.4 is 0 Å². The Balaban J connectivity index is 3.52. The van der Waals surface area contributed by atoms with Crippen molar-refractivity contribution < 1.29 is 30.7 Å². The fourth-order valence-corrected chi connectivity index (χ4v) is 2.41. The van der Waals surface area contributed by atoms with E-state index in [9.17, 15) is 30.7 Å². The lowest BCUT2D eigenvalue weighted by Crippen LogP contribution is -2.50. The summed E-state index contributed by atoms with van der Waals surface area (Å²) in [5.41, 5.74) is -6.69. The standard InChI is InChI=1S/C9H7F7S/c1-4-3-6(5(2)17-4)7(10,8(11,12)13)9(14,15)16/h3H,1-2H3. The van der Waals surface area contributed by atoms with Crippen molar-refractivity contribution >= 4 is 11.3 Å². The van der Waals surface area contributed by atoms with Gasteiger partial charge >= 0.3 is 18.0 Å². The van der Waals surface area contributed by atoms with Gasteiger partial charge in [0.1, 0.15) is 0 Å². The molecule has 0 saturated carbocycles. The lowest BCUT2D eigenvalue weighted by molar-refractivity contribution is -0.348. The first-order valence-electron chi connectivity index (χ1n) is 4.31. The van der Waals surface area contributed by atoms with Crippen molar-refractivity contribution in [2.24, 2.45) is 0 Å². The van der Waals surface area contributed by atoms with Gasteiger partial charge in [0, 0.05) is 15.3 Å². The molecule has 1 rings (SSSR count). The topological polar surface area (TPSA) is 0 Å². The van der Waals surface area contributed by atoms with Gasteiger partial charge in [0.2, 0.25) is 0 Å². The first-order chi connectivity index (χ1) is 7.41. The third-order valence-electron chi connectivity index (χ3n) is 2.19. The summed E-state index contributed by atoms with van der Waals surface area (Å²) in [6.45, 7) is 2.34. The van der Waals surface area contributed by atoms with Crippen molar-refractivity contribution in [1.82, 2.24) is 0 Å². The summed E-state index contributed by atoms with van der Waals surface area (Å²) in [6, 6.07) is 0.584. The van der Waals surface area contributed by atoms with Crippen LogP contribution in [0.5, 0.6) is 0 Å². The summed E-state index contributed by atoms with van der Waals surface area (Å²) in [6.07, 6.45) is -12.1. The molecule has 0 spiro atoms. The predicted molar refractivity (Wildman–Crippen MR) is 48.7 cm³/mol. The highest BCUT2D eigenvalue weighted by atomic mass is 32.1. The molecule has 0 fully saturated rings. The predicted octanol–water partition coefficient (Wildman–Crippen LogP) is 4.65. The minimum Gasteiger partial charge on any atom is -0.218 e. The molecule has 1 aromatic heterocycles. The van der Waals surface area contributed by atoms with E-state index >= 15 is 0 Å². The van der Waals surface area contributed by atoms with Crippen LogP contribution in [-0.4, -0.2) is 12.4 Å². The lowest BCUT2D eigenvalue weighted by atomic mass is 9.94. The van der Waals surface area contributed by atoms with Crippen molar-refractivity contribution in [2.75, 3.05) is 0 Å². The molecule has 0 unspecified atom stereocenters. The van der Waals surface area contributed by atoms with Crippen LogP contribution >= 0.6 is 11.3 Å². The Bertz CT molecular complexity index is 398. The van der Waals surface area contributed by atoms with E-state index < -0.39 is 23.6 Å². The molecule has 8 heteroatoms. The van der Waals surface area contributed by atoms with Crippen LogP contribution in [0, 0.1) is 13.8 Å². The number of hydrogen-bond donors (Lipinski definition) is 0. The van der Waals surface area contributed by atoms with Crippen LogP contribution in [-0.2, 0) is 5.67 Å². The molecule has 0 N–H and O–H groups in total. The van der Waals surface area contributed by atoms with Gasteiger partial charge in [-0.2, -0.15) is 26.3 Å². The largest absolute Gasteiger partial charge is 0.435 e. The molecule has 0 aromatic carbocycles. The maximum Gasteiger partial charge on any atom is 0.435 e. The fraction of sp³-hybridized carbons (Fsp3) is 0.556. The zero-order chi connectivity index (χ0) is 13.6. The molecule has 0 aliphatic rings. The molecule has 1 heterocycles. The lowest BCUT2D eigenvalue weighted by Gasteiger charge is -2.30. The average Bonchev–Trinajstić information content (AvgIpc) is 2.40.